The second-order valence-corrected chi connectivity index (χ2v) is 9.12. The van der Waals surface area contributed by atoms with Gasteiger partial charge in [-0.3, -0.25) is 9.78 Å². The van der Waals surface area contributed by atoms with Crippen LogP contribution in [0.1, 0.15) is 42.5 Å². The van der Waals surface area contributed by atoms with Crippen molar-refractivity contribution in [3.05, 3.63) is 65.4 Å². The third-order valence-electron chi connectivity index (χ3n) is 6.48. The number of aliphatic hydroxyl groups excluding tert-OH is 1. The van der Waals surface area contributed by atoms with E-state index in [1.165, 1.54) is 6.20 Å². The molecule has 3 aromatic heterocycles. The minimum absolute atomic E-state index is 0.104. The number of pyridine rings is 3. The highest BCUT2D eigenvalue weighted by molar-refractivity contribution is 5.70. The average molecular weight is 465 g/mol. The van der Waals surface area contributed by atoms with Crippen LogP contribution in [0, 0.1) is 31.5 Å². The zero-order valence-electron chi connectivity index (χ0n) is 19.3. The van der Waals surface area contributed by atoms with Crippen LogP contribution in [-0.2, 0) is 11.2 Å². The number of carbonyl (C=O) groups is 1. The molecule has 1 aliphatic carbocycles. The Balaban J connectivity index is 1.42. The first-order valence-electron chi connectivity index (χ1n) is 11.5. The lowest BCUT2D eigenvalue weighted by molar-refractivity contribution is -0.143. The van der Waals surface area contributed by atoms with Gasteiger partial charge in [-0.05, 0) is 86.9 Å². The van der Waals surface area contributed by atoms with Crippen LogP contribution in [0.15, 0.2) is 42.7 Å². The first-order chi connectivity index (χ1) is 16.3. The fraction of sp³-hybridized carbons (Fsp3) is 0.385. The van der Waals surface area contributed by atoms with Gasteiger partial charge in [-0.2, -0.15) is 0 Å². The number of hydrogen-bond donors (Lipinski definition) is 3. The van der Waals surface area contributed by atoms with Crippen molar-refractivity contribution in [1.82, 2.24) is 15.0 Å². The quantitative estimate of drug-likeness (QED) is 0.459. The Hall–Kier alpha value is -3.39. The predicted molar refractivity (Wildman–Crippen MR) is 127 cm³/mol. The SMILES string of the molecule is Cc1cc(Nc2cc(C)c(F)cn2)nc(-c2ccc(CC(O)[C@H]3CC[C@H](C(=O)O)CC3)nc2)c1. The molecule has 3 heterocycles. The van der Waals surface area contributed by atoms with Crippen LogP contribution < -0.4 is 5.32 Å². The summed E-state index contributed by atoms with van der Waals surface area (Å²) >= 11 is 0. The van der Waals surface area contributed by atoms with Gasteiger partial charge < -0.3 is 15.5 Å². The van der Waals surface area contributed by atoms with E-state index in [2.05, 4.69) is 20.3 Å². The molecule has 0 bridgehead atoms. The highest BCUT2D eigenvalue weighted by Crippen LogP contribution is 2.32. The minimum atomic E-state index is -0.739. The summed E-state index contributed by atoms with van der Waals surface area (Å²) in [6.07, 6.45) is 5.51. The number of anilines is 2. The summed E-state index contributed by atoms with van der Waals surface area (Å²) in [6.45, 7) is 3.65. The lowest BCUT2D eigenvalue weighted by Gasteiger charge is -2.29. The molecule has 178 valence electrons. The number of aliphatic hydroxyl groups is 1. The van der Waals surface area contributed by atoms with Gasteiger partial charge in [-0.25, -0.2) is 14.4 Å². The van der Waals surface area contributed by atoms with Crippen LogP contribution in [0.4, 0.5) is 16.0 Å². The Kier molecular flexibility index (Phi) is 7.17. The zero-order chi connectivity index (χ0) is 24.2. The number of halogens is 1. The lowest BCUT2D eigenvalue weighted by Crippen LogP contribution is -2.30. The standard InChI is InChI=1S/C26H29FN4O3/c1-15-9-22(30-25(10-15)31-24-11-16(2)21(27)14-29-24)19-7-8-20(28-13-19)12-23(32)17-3-5-18(6-4-17)26(33)34/h7-11,13-14,17-18,23,32H,3-6,12H2,1-2H3,(H,33,34)(H,29,30,31)/t17-,18-,23?. The maximum absolute atomic E-state index is 13.5. The maximum Gasteiger partial charge on any atom is 0.306 e. The summed E-state index contributed by atoms with van der Waals surface area (Å²) < 4.78 is 13.5. The van der Waals surface area contributed by atoms with Crippen molar-refractivity contribution in [1.29, 1.82) is 0 Å². The molecule has 0 spiro atoms. The van der Waals surface area contributed by atoms with Crippen LogP contribution in [0.5, 0.6) is 0 Å². The summed E-state index contributed by atoms with van der Waals surface area (Å²) in [5.41, 5.74) is 3.88. The Morgan fingerprint density at radius 3 is 2.50 bits per heavy atom. The van der Waals surface area contributed by atoms with Gasteiger partial charge in [0, 0.05) is 23.9 Å². The van der Waals surface area contributed by atoms with Crippen molar-refractivity contribution in [3.8, 4) is 11.3 Å². The van der Waals surface area contributed by atoms with Crippen molar-refractivity contribution in [2.24, 2.45) is 11.8 Å². The largest absolute Gasteiger partial charge is 0.481 e. The van der Waals surface area contributed by atoms with E-state index in [9.17, 15) is 14.3 Å². The number of aromatic nitrogens is 3. The molecule has 1 unspecified atom stereocenters. The number of hydrogen-bond acceptors (Lipinski definition) is 6. The van der Waals surface area contributed by atoms with Gasteiger partial charge in [0.1, 0.15) is 17.5 Å². The molecule has 1 fully saturated rings. The molecule has 0 aliphatic heterocycles. The van der Waals surface area contributed by atoms with Gasteiger partial charge in [0.05, 0.1) is 23.9 Å². The van der Waals surface area contributed by atoms with Crippen molar-refractivity contribution < 1.29 is 19.4 Å². The van der Waals surface area contributed by atoms with E-state index in [0.717, 1.165) is 35.4 Å². The third kappa shape index (κ3) is 5.75. The lowest BCUT2D eigenvalue weighted by atomic mass is 9.78. The van der Waals surface area contributed by atoms with Crippen LogP contribution >= 0.6 is 0 Å². The Morgan fingerprint density at radius 1 is 1.09 bits per heavy atom. The normalized spacial score (nSPS) is 18.9. The number of aryl methyl sites for hydroxylation is 2. The summed E-state index contributed by atoms with van der Waals surface area (Å²) in [5.74, 6) is -0.157. The molecule has 0 aromatic carbocycles. The van der Waals surface area contributed by atoms with Gasteiger partial charge in [-0.15, -0.1) is 0 Å². The second-order valence-electron chi connectivity index (χ2n) is 9.12. The second kappa shape index (κ2) is 10.3. The first kappa shape index (κ1) is 23.8. The molecule has 1 saturated carbocycles. The van der Waals surface area contributed by atoms with Crippen LogP contribution in [0.3, 0.4) is 0 Å². The van der Waals surface area contributed by atoms with Crippen molar-refractivity contribution >= 4 is 17.6 Å². The molecule has 34 heavy (non-hydrogen) atoms. The van der Waals surface area contributed by atoms with E-state index in [1.807, 2.05) is 31.2 Å². The number of nitrogens with zero attached hydrogens (tertiary/aromatic N) is 3. The molecule has 0 saturated heterocycles. The molecule has 4 rings (SSSR count). The number of nitrogens with one attached hydrogen (secondary N) is 1. The monoisotopic (exact) mass is 464 g/mol. The molecular weight excluding hydrogens is 435 g/mol. The topological polar surface area (TPSA) is 108 Å². The minimum Gasteiger partial charge on any atom is -0.481 e. The summed E-state index contributed by atoms with van der Waals surface area (Å²) in [6, 6.07) is 9.31. The van der Waals surface area contributed by atoms with Crippen LogP contribution in [0.25, 0.3) is 11.3 Å². The number of aliphatic carboxylic acids is 1. The predicted octanol–water partition coefficient (Wildman–Crippen LogP) is 4.83. The fourth-order valence-corrected chi connectivity index (χ4v) is 4.45. The van der Waals surface area contributed by atoms with Crippen molar-refractivity contribution in [2.75, 3.05) is 5.32 Å². The highest BCUT2D eigenvalue weighted by Gasteiger charge is 2.29. The van der Waals surface area contributed by atoms with Gasteiger partial charge in [0.2, 0.25) is 0 Å². The fourth-order valence-electron chi connectivity index (χ4n) is 4.45. The third-order valence-corrected chi connectivity index (χ3v) is 6.48. The van der Waals surface area contributed by atoms with Crippen molar-refractivity contribution in [3.63, 3.8) is 0 Å². The summed E-state index contributed by atoms with van der Waals surface area (Å²) in [5, 5.41) is 22.9. The van der Waals surface area contributed by atoms with Crippen LogP contribution in [0.2, 0.25) is 0 Å². The highest BCUT2D eigenvalue weighted by atomic mass is 19.1. The van der Waals surface area contributed by atoms with E-state index in [1.54, 1.807) is 19.2 Å². The molecule has 3 N–H and O–H groups in total. The van der Waals surface area contributed by atoms with Gasteiger partial charge in [0.15, 0.2) is 0 Å². The van der Waals surface area contributed by atoms with E-state index in [0.29, 0.717) is 36.5 Å². The van der Waals surface area contributed by atoms with E-state index in [-0.39, 0.29) is 17.7 Å². The van der Waals surface area contributed by atoms with E-state index >= 15 is 0 Å². The number of carboxylic acid groups (broad SMARTS) is 1. The van der Waals surface area contributed by atoms with Crippen LogP contribution in [-0.4, -0.2) is 37.2 Å². The average Bonchev–Trinajstić information content (AvgIpc) is 2.81. The molecule has 1 aliphatic rings. The molecule has 1 atom stereocenters. The molecule has 0 amide bonds. The Bertz CT molecular complexity index is 1160. The zero-order valence-corrected chi connectivity index (χ0v) is 19.3. The Labute approximate surface area is 198 Å². The van der Waals surface area contributed by atoms with Gasteiger partial charge >= 0.3 is 5.97 Å². The van der Waals surface area contributed by atoms with Gasteiger partial charge in [-0.1, -0.05) is 0 Å². The molecule has 7 nitrogen and oxygen atoms in total. The summed E-state index contributed by atoms with van der Waals surface area (Å²) in [4.78, 5) is 24.4. The first-order valence-corrected chi connectivity index (χ1v) is 11.5. The number of carboxylic acids is 1. The molecule has 0 radical (unpaired) electrons. The van der Waals surface area contributed by atoms with E-state index in [4.69, 9.17) is 5.11 Å². The van der Waals surface area contributed by atoms with Crippen molar-refractivity contribution in [2.45, 2.75) is 52.1 Å². The van der Waals surface area contributed by atoms with Gasteiger partial charge in [0.25, 0.3) is 0 Å². The summed E-state index contributed by atoms with van der Waals surface area (Å²) in [7, 11) is 0. The number of rotatable bonds is 7. The smallest absolute Gasteiger partial charge is 0.306 e. The Morgan fingerprint density at radius 2 is 1.85 bits per heavy atom. The molecule has 3 aromatic rings. The molecular formula is C26H29FN4O3. The van der Waals surface area contributed by atoms with E-state index < -0.39 is 12.1 Å². The molecule has 8 heteroatoms. The maximum atomic E-state index is 13.5.